The van der Waals surface area contributed by atoms with Gasteiger partial charge in [-0.1, -0.05) is 39.7 Å². The summed E-state index contributed by atoms with van der Waals surface area (Å²) in [6.07, 6.45) is 1.24. The molecule has 1 rings (SSSR count). The van der Waals surface area contributed by atoms with Gasteiger partial charge >= 0.3 is 0 Å². The van der Waals surface area contributed by atoms with Gasteiger partial charge in [-0.2, -0.15) is 0 Å². The molecule has 0 saturated carbocycles. The van der Waals surface area contributed by atoms with E-state index in [1.54, 1.807) is 0 Å². The van der Waals surface area contributed by atoms with E-state index in [9.17, 15) is 4.79 Å². The van der Waals surface area contributed by atoms with Crippen LogP contribution in [0.3, 0.4) is 0 Å². The third-order valence-electron chi connectivity index (χ3n) is 1.89. The van der Waals surface area contributed by atoms with Crippen LogP contribution in [-0.4, -0.2) is 12.2 Å². The summed E-state index contributed by atoms with van der Waals surface area (Å²) >= 11 is 15.0. The summed E-state index contributed by atoms with van der Waals surface area (Å²) < 4.78 is 0.973. The normalized spacial score (nSPS) is 12.2. The Balaban J connectivity index is 3.04. The molecular formula is C11H9BrCl2O. The van der Waals surface area contributed by atoms with E-state index in [-0.39, 0.29) is 0 Å². The van der Waals surface area contributed by atoms with Crippen LogP contribution < -0.4 is 0 Å². The number of benzene rings is 1. The van der Waals surface area contributed by atoms with Gasteiger partial charge in [-0.25, -0.2) is 0 Å². The van der Waals surface area contributed by atoms with Crippen molar-refractivity contribution in [2.24, 2.45) is 0 Å². The van der Waals surface area contributed by atoms with E-state index in [1.807, 2.05) is 24.3 Å². The summed E-state index contributed by atoms with van der Waals surface area (Å²) in [4.78, 5) is 10.8. The molecule has 0 fully saturated rings. The van der Waals surface area contributed by atoms with E-state index < -0.39 is 0 Å². The summed E-state index contributed by atoms with van der Waals surface area (Å²) in [6.45, 7) is 0. The molecule has 0 saturated heterocycles. The minimum absolute atomic E-state index is 0.390. The van der Waals surface area contributed by atoms with Gasteiger partial charge in [0.05, 0.1) is 5.03 Å². The van der Waals surface area contributed by atoms with E-state index in [2.05, 4.69) is 15.9 Å². The monoisotopic (exact) mass is 306 g/mol. The largest absolute Gasteiger partial charge is 0.298 e. The molecule has 4 heteroatoms. The molecule has 80 valence electrons. The van der Waals surface area contributed by atoms with Crippen LogP contribution in [-0.2, 0) is 4.79 Å². The number of carbonyl (C=O) groups is 1. The lowest BCUT2D eigenvalue weighted by atomic mass is 10.1. The van der Waals surface area contributed by atoms with Gasteiger partial charge in [-0.3, -0.25) is 4.79 Å². The Morgan fingerprint density at radius 2 is 1.93 bits per heavy atom. The van der Waals surface area contributed by atoms with Gasteiger partial charge in [-0.05, 0) is 24.1 Å². The Morgan fingerprint density at radius 1 is 1.33 bits per heavy atom. The van der Waals surface area contributed by atoms with Crippen molar-refractivity contribution in [2.45, 2.75) is 6.42 Å². The van der Waals surface area contributed by atoms with Gasteiger partial charge in [0.2, 0.25) is 0 Å². The standard InChI is InChI=1S/C11H9BrCl2O/c12-10-3-1-8(2-4-10)11(14)9(7-15)5-6-13/h1-4,7H,5-6H2/b11-9+. The van der Waals surface area contributed by atoms with Crippen LogP contribution in [0.1, 0.15) is 12.0 Å². The molecule has 0 spiro atoms. The third kappa shape index (κ3) is 3.63. The van der Waals surface area contributed by atoms with E-state index in [0.717, 1.165) is 16.3 Å². The van der Waals surface area contributed by atoms with Gasteiger partial charge in [0.1, 0.15) is 6.29 Å². The summed E-state index contributed by atoms with van der Waals surface area (Å²) in [7, 11) is 0. The predicted molar refractivity (Wildman–Crippen MR) is 68.3 cm³/mol. The number of allylic oxidation sites excluding steroid dienone is 1. The average molecular weight is 308 g/mol. The highest BCUT2D eigenvalue weighted by Crippen LogP contribution is 2.25. The Labute approximate surface area is 107 Å². The van der Waals surface area contributed by atoms with Crippen molar-refractivity contribution in [1.29, 1.82) is 0 Å². The molecular weight excluding hydrogens is 299 g/mol. The Bertz CT molecular complexity index is 371. The lowest BCUT2D eigenvalue weighted by Gasteiger charge is -2.03. The molecule has 0 heterocycles. The number of halogens is 3. The average Bonchev–Trinajstić information content (AvgIpc) is 2.26. The second-order valence-electron chi connectivity index (χ2n) is 2.90. The maximum atomic E-state index is 10.8. The number of hydrogen-bond acceptors (Lipinski definition) is 1. The third-order valence-corrected chi connectivity index (χ3v) is 3.06. The predicted octanol–water partition coefficient (Wildman–Crippen LogP) is 4.23. The number of alkyl halides is 1. The second kappa shape index (κ2) is 6.31. The topological polar surface area (TPSA) is 17.1 Å². The van der Waals surface area contributed by atoms with Gasteiger partial charge in [0.25, 0.3) is 0 Å². The minimum Gasteiger partial charge on any atom is -0.298 e. The quantitative estimate of drug-likeness (QED) is 0.462. The molecule has 0 radical (unpaired) electrons. The zero-order valence-electron chi connectivity index (χ0n) is 7.84. The summed E-state index contributed by atoms with van der Waals surface area (Å²) in [5, 5.41) is 0.471. The van der Waals surface area contributed by atoms with Crippen LogP contribution in [0, 0.1) is 0 Å². The highest BCUT2D eigenvalue weighted by Gasteiger charge is 2.05. The van der Waals surface area contributed by atoms with Crippen molar-refractivity contribution < 1.29 is 4.79 Å². The first-order valence-corrected chi connectivity index (χ1v) is 6.05. The molecule has 0 aliphatic carbocycles. The van der Waals surface area contributed by atoms with Crippen LogP contribution in [0.2, 0.25) is 0 Å². The first kappa shape index (κ1) is 12.8. The van der Waals surface area contributed by atoms with Crippen molar-refractivity contribution in [3.63, 3.8) is 0 Å². The first-order valence-electron chi connectivity index (χ1n) is 4.34. The summed E-state index contributed by atoms with van der Waals surface area (Å²) in [6, 6.07) is 7.45. The second-order valence-corrected chi connectivity index (χ2v) is 4.57. The van der Waals surface area contributed by atoms with Crippen LogP contribution in [0.25, 0.3) is 5.03 Å². The molecule has 0 amide bonds. The van der Waals surface area contributed by atoms with Crippen LogP contribution in [0.4, 0.5) is 0 Å². The Kier molecular flexibility index (Phi) is 5.37. The van der Waals surface area contributed by atoms with Gasteiger partial charge in [0.15, 0.2) is 0 Å². The molecule has 0 aliphatic heterocycles. The summed E-state index contributed by atoms with van der Waals surface area (Å²) in [5.74, 6) is 0.390. The van der Waals surface area contributed by atoms with E-state index >= 15 is 0 Å². The van der Waals surface area contributed by atoms with Gasteiger partial charge in [0, 0.05) is 15.9 Å². The number of carbonyl (C=O) groups excluding carboxylic acids is 1. The molecule has 1 aromatic carbocycles. The van der Waals surface area contributed by atoms with Crippen LogP contribution >= 0.6 is 39.1 Å². The highest BCUT2D eigenvalue weighted by atomic mass is 79.9. The van der Waals surface area contributed by atoms with Crippen molar-refractivity contribution in [3.05, 3.63) is 39.9 Å². The molecule has 0 bridgehead atoms. The number of hydrogen-bond donors (Lipinski definition) is 0. The lowest BCUT2D eigenvalue weighted by Crippen LogP contribution is -1.90. The smallest absolute Gasteiger partial charge is 0.147 e. The molecule has 0 N–H and O–H groups in total. The fourth-order valence-electron chi connectivity index (χ4n) is 1.10. The zero-order chi connectivity index (χ0) is 11.3. The highest BCUT2D eigenvalue weighted by molar-refractivity contribution is 9.10. The fraction of sp³-hybridized carbons (Fsp3) is 0.182. The fourth-order valence-corrected chi connectivity index (χ4v) is 1.84. The first-order chi connectivity index (χ1) is 7.19. The number of rotatable bonds is 4. The lowest BCUT2D eigenvalue weighted by molar-refractivity contribution is -0.104. The van der Waals surface area contributed by atoms with Crippen molar-refractivity contribution >= 4 is 50.5 Å². The van der Waals surface area contributed by atoms with Crippen LogP contribution in [0.5, 0.6) is 0 Å². The van der Waals surface area contributed by atoms with E-state index in [4.69, 9.17) is 23.2 Å². The van der Waals surface area contributed by atoms with E-state index in [1.165, 1.54) is 0 Å². The summed E-state index contributed by atoms with van der Waals surface area (Å²) in [5.41, 5.74) is 1.36. The van der Waals surface area contributed by atoms with Gasteiger partial charge in [-0.15, -0.1) is 11.6 Å². The van der Waals surface area contributed by atoms with Gasteiger partial charge < -0.3 is 0 Å². The van der Waals surface area contributed by atoms with E-state index in [0.29, 0.717) is 22.9 Å². The molecule has 0 aliphatic rings. The minimum atomic E-state index is 0.390. The number of aldehydes is 1. The van der Waals surface area contributed by atoms with Crippen LogP contribution in [0.15, 0.2) is 34.3 Å². The molecule has 1 nitrogen and oxygen atoms in total. The van der Waals surface area contributed by atoms with Crippen molar-refractivity contribution in [3.8, 4) is 0 Å². The van der Waals surface area contributed by atoms with Crippen molar-refractivity contribution in [1.82, 2.24) is 0 Å². The maximum Gasteiger partial charge on any atom is 0.147 e. The SMILES string of the molecule is O=C/C(CCCl)=C(/Cl)c1ccc(Br)cc1. The molecule has 1 aromatic rings. The zero-order valence-corrected chi connectivity index (χ0v) is 10.9. The Hall–Kier alpha value is -0.310. The Morgan fingerprint density at radius 3 is 2.40 bits per heavy atom. The van der Waals surface area contributed by atoms with Crippen molar-refractivity contribution in [2.75, 3.05) is 5.88 Å². The molecule has 15 heavy (non-hydrogen) atoms. The maximum absolute atomic E-state index is 10.8. The molecule has 0 atom stereocenters. The molecule has 0 aromatic heterocycles. The molecule has 0 unspecified atom stereocenters.